The molecule has 0 saturated carbocycles. The van der Waals surface area contributed by atoms with Gasteiger partial charge < -0.3 is 33.3 Å². The molecule has 2 aromatic carbocycles. The van der Waals surface area contributed by atoms with E-state index in [-0.39, 0.29) is 12.5 Å². The molecule has 0 saturated heterocycles. The highest BCUT2D eigenvalue weighted by Crippen LogP contribution is 2.57. The second-order valence-corrected chi connectivity index (χ2v) is 8.25. The highest BCUT2D eigenvalue weighted by atomic mass is 79.9. The van der Waals surface area contributed by atoms with Crippen LogP contribution in [0.5, 0.6) is 34.5 Å². The van der Waals surface area contributed by atoms with E-state index in [0.29, 0.717) is 50.1 Å². The van der Waals surface area contributed by atoms with Crippen LogP contribution in [0.1, 0.15) is 24.2 Å². The first-order valence-electron chi connectivity index (χ1n) is 10.5. The molecule has 1 amide bonds. The monoisotopic (exact) mass is 549 g/mol. The van der Waals surface area contributed by atoms with Gasteiger partial charge in [0.1, 0.15) is 11.5 Å². The molecule has 35 heavy (non-hydrogen) atoms. The number of carbonyl (C=O) groups is 1. The fourth-order valence-electron chi connectivity index (χ4n) is 3.82. The van der Waals surface area contributed by atoms with Crippen molar-refractivity contribution in [1.29, 1.82) is 0 Å². The lowest BCUT2D eigenvalue weighted by Crippen LogP contribution is -2.31. The van der Waals surface area contributed by atoms with Gasteiger partial charge in [0.05, 0.1) is 50.6 Å². The number of rotatable bonds is 8. The van der Waals surface area contributed by atoms with Crippen LogP contribution in [-0.4, -0.2) is 53.1 Å². The Morgan fingerprint density at radius 3 is 2.54 bits per heavy atom. The molecule has 0 aromatic heterocycles. The molecule has 0 radical (unpaired) electrons. The molecule has 11 nitrogen and oxygen atoms in total. The van der Waals surface area contributed by atoms with Crippen LogP contribution in [0.15, 0.2) is 32.9 Å². The standard InChI is InChI=1S/C23H24BrN3O8/c1-11-17(23(28)26-25-9-12-6-7-13(29-2)8-14(12)30-3)27-35-18(11)15-16(24)20-22(34-10-33-20)21(32-5)19(15)31-4/h6-9,11,18H,10H2,1-5H3,(H,26,28). The zero-order valence-corrected chi connectivity index (χ0v) is 21.3. The summed E-state index contributed by atoms with van der Waals surface area (Å²) in [6.45, 7) is 1.86. The average molecular weight is 550 g/mol. The predicted octanol–water partition coefficient (Wildman–Crippen LogP) is 3.43. The number of halogens is 1. The molecule has 2 atom stereocenters. The fourth-order valence-corrected chi connectivity index (χ4v) is 4.53. The summed E-state index contributed by atoms with van der Waals surface area (Å²) in [6, 6.07) is 5.24. The Morgan fingerprint density at radius 2 is 1.86 bits per heavy atom. The molecular formula is C23H24BrN3O8. The van der Waals surface area contributed by atoms with E-state index in [1.165, 1.54) is 27.5 Å². The first-order chi connectivity index (χ1) is 16.9. The van der Waals surface area contributed by atoms with Gasteiger partial charge in [-0.05, 0) is 28.1 Å². The minimum atomic E-state index is -0.658. The topological polar surface area (TPSA) is 118 Å². The number of ether oxygens (including phenoxy) is 6. The van der Waals surface area contributed by atoms with Crippen molar-refractivity contribution in [2.45, 2.75) is 13.0 Å². The van der Waals surface area contributed by atoms with Crippen LogP contribution in [0.3, 0.4) is 0 Å². The molecule has 12 heteroatoms. The quantitative estimate of drug-likeness (QED) is 0.393. The van der Waals surface area contributed by atoms with Gasteiger partial charge in [-0.3, -0.25) is 4.79 Å². The third kappa shape index (κ3) is 4.41. The van der Waals surface area contributed by atoms with Crippen LogP contribution in [0.25, 0.3) is 0 Å². The van der Waals surface area contributed by atoms with E-state index in [1.54, 1.807) is 25.3 Å². The summed E-state index contributed by atoms with van der Waals surface area (Å²) >= 11 is 3.56. The molecule has 0 fully saturated rings. The highest BCUT2D eigenvalue weighted by molar-refractivity contribution is 9.10. The van der Waals surface area contributed by atoms with Crippen LogP contribution in [0.4, 0.5) is 0 Å². The van der Waals surface area contributed by atoms with Crippen molar-refractivity contribution in [3.05, 3.63) is 33.8 Å². The number of nitrogens with one attached hydrogen (secondary N) is 1. The number of carbonyl (C=O) groups excluding carboxylic acids is 1. The number of amides is 1. The van der Waals surface area contributed by atoms with Gasteiger partial charge in [-0.15, -0.1) is 0 Å². The van der Waals surface area contributed by atoms with Crippen molar-refractivity contribution in [2.75, 3.05) is 35.2 Å². The van der Waals surface area contributed by atoms with E-state index in [9.17, 15) is 4.79 Å². The third-order valence-corrected chi connectivity index (χ3v) is 6.38. The van der Waals surface area contributed by atoms with Gasteiger partial charge in [0.25, 0.3) is 5.91 Å². The van der Waals surface area contributed by atoms with Crippen LogP contribution in [0.2, 0.25) is 0 Å². The summed E-state index contributed by atoms with van der Waals surface area (Å²) in [5.74, 6) is 1.87. The number of nitrogens with zero attached hydrogens (tertiary/aromatic N) is 2. The molecule has 4 rings (SSSR count). The van der Waals surface area contributed by atoms with Gasteiger partial charge in [0.15, 0.2) is 23.3 Å². The van der Waals surface area contributed by atoms with E-state index in [1.807, 2.05) is 6.92 Å². The molecule has 2 heterocycles. The van der Waals surface area contributed by atoms with E-state index >= 15 is 0 Å². The van der Waals surface area contributed by atoms with Crippen molar-refractivity contribution < 1.29 is 38.1 Å². The fraction of sp³-hybridized carbons (Fsp3) is 0.348. The van der Waals surface area contributed by atoms with Crippen molar-refractivity contribution in [3.8, 4) is 34.5 Å². The first kappa shape index (κ1) is 24.5. The van der Waals surface area contributed by atoms with Crippen molar-refractivity contribution in [2.24, 2.45) is 16.2 Å². The van der Waals surface area contributed by atoms with Crippen LogP contribution in [-0.2, 0) is 9.63 Å². The zero-order valence-electron chi connectivity index (χ0n) is 19.7. The van der Waals surface area contributed by atoms with Crippen molar-refractivity contribution in [3.63, 3.8) is 0 Å². The van der Waals surface area contributed by atoms with Crippen molar-refractivity contribution >= 4 is 33.8 Å². The Bertz CT molecular complexity index is 1200. The Balaban J connectivity index is 1.53. The summed E-state index contributed by atoms with van der Waals surface area (Å²) in [7, 11) is 6.11. The Hall–Kier alpha value is -3.67. The number of benzene rings is 2. The molecule has 1 N–H and O–H groups in total. The van der Waals surface area contributed by atoms with Gasteiger partial charge in [0.2, 0.25) is 18.3 Å². The number of oxime groups is 1. The molecule has 0 aliphatic carbocycles. The lowest BCUT2D eigenvalue weighted by atomic mass is 9.92. The largest absolute Gasteiger partial charge is 0.497 e. The second-order valence-electron chi connectivity index (χ2n) is 7.46. The van der Waals surface area contributed by atoms with Crippen LogP contribution >= 0.6 is 15.9 Å². The van der Waals surface area contributed by atoms with E-state index in [0.717, 1.165) is 0 Å². The smallest absolute Gasteiger partial charge is 0.289 e. The SMILES string of the molecule is COc1ccc(C=NNC(=O)C2=NOC(c3c(Br)c4c(c(OC)c3OC)OCO4)C2C)c(OC)c1. The normalized spacial score (nSPS) is 18.2. The summed E-state index contributed by atoms with van der Waals surface area (Å²) in [6.07, 6.45) is 0.811. The minimum absolute atomic E-state index is 0.0408. The Kier molecular flexibility index (Phi) is 7.20. The summed E-state index contributed by atoms with van der Waals surface area (Å²) in [5, 5.41) is 8.06. The van der Waals surface area contributed by atoms with E-state index in [4.69, 9.17) is 33.3 Å². The van der Waals surface area contributed by atoms with Gasteiger partial charge >= 0.3 is 0 Å². The Morgan fingerprint density at radius 1 is 1.11 bits per heavy atom. The van der Waals surface area contributed by atoms with Crippen LogP contribution in [0, 0.1) is 5.92 Å². The van der Waals surface area contributed by atoms with E-state index in [2.05, 4.69) is 31.6 Å². The number of hydrazone groups is 1. The van der Waals surface area contributed by atoms with Gasteiger partial charge in [-0.25, -0.2) is 5.43 Å². The minimum Gasteiger partial charge on any atom is -0.497 e. The average Bonchev–Trinajstić information content (AvgIpc) is 3.51. The molecular weight excluding hydrogens is 526 g/mol. The van der Waals surface area contributed by atoms with Crippen LogP contribution < -0.4 is 33.8 Å². The molecule has 0 spiro atoms. The number of hydrogen-bond acceptors (Lipinski definition) is 10. The van der Waals surface area contributed by atoms with Gasteiger partial charge in [-0.1, -0.05) is 12.1 Å². The van der Waals surface area contributed by atoms with E-state index < -0.39 is 17.9 Å². The summed E-state index contributed by atoms with van der Waals surface area (Å²) < 4.78 is 33.3. The number of methoxy groups -OCH3 is 4. The lowest BCUT2D eigenvalue weighted by Gasteiger charge is -2.22. The molecule has 2 aromatic rings. The zero-order chi connectivity index (χ0) is 25.1. The highest BCUT2D eigenvalue weighted by Gasteiger charge is 2.42. The molecule has 0 bridgehead atoms. The second kappa shape index (κ2) is 10.3. The summed E-state index contributed by atoms with van der Waals surface area (Å²) in [5.41, 5.74) is 3.89. The van der Waals surface area contributed by atoms with Crippen molar-refractivity contribution in [1.82, 2.24) is 5.43 Å². The summed E-state index contributed by atoms with van der Waals surface area (Å²) in [4.78, 5) is 18.5. The maximum atomic E-state index is 12.8. The molecule has 2 aliphatic heterocycles. The Labute approximate surface area is 210 Å². The third-order valence-electron chi connectivity index (χ3n) is 5.59. The maximum Gasteiger partial charge on any atom is 0.289 e. The lowest BCUT2D eigenvalue weighted by molar-refractivity contribution is -0.115. The maximum absolute atomic E-state index is 12.8. The number of fused-ring (bicyclic) bond motifs is 1. The molecule has 2 unspecified atom stereocenters. The first-order valence-corrected chi connectivity index (χ1v) is 11.3. The number of hydrogen-bond donors (Lipinski definition) is 1. The molecule has 2 aliphatic rings. The predicted molar refractivity (Wildman–Crippen MR) is 129 cm³/mol. The molecule has 186 valence electrons. The van der Waals surface area contributed by atoms with Gasteiger partial charge in [0, 0.05) is 11.6 Å². The van der Waals surface area contributed by atoms with Gasteiger partial charge in [-0.2, -0.15) is 5.10 Å².